The van der Waals surface area contributed by atoms with Gasteiger partial charge in [-0.25, -0.2) is 0 Å². The van der Waals surface area contributed by atoms with Gasteiger partial charge in [-0.05, 0) is 41.8 Å². The first-order chi connectivity index (χ1) is 9.36. The lowest BCUT2D eigenvalue weighted by molar-refractivity contribution is -0.105. The van der Waals surface area contributed by atoms with Gasteiger partial charge in [0.15, 0.2) is 0 Å². The summed E-state index contributed by atoms with van der Waals surface area (Å²) in [7, 11) is 0. The molecule has 0 unspecified atom stereocenters. The van der Waals surface area contributed by atoms with Gasteiger partial charge in [-0.2, -0.15) is 0 Å². The van der Waals surface area contributed by atoms with Crippen molar-refractivity contribution in [2.24, 2.45) is 0 Å². The van der Waals surface area contributed by atoms with Gasteiger partial charge in [0.2, 0.25) is 6.41 Å². The minimum Gasteiger partial charge on any atom is -0.367 e. The molecule has 96 valence electrons. The molecule has 3 rings (SSSR count). The Morgan fingerprint density at radius 2 is 1.74 bits per heavy atom. The molecule has 1 aliphatic rings. The molecular weight excluding hydrogens is 236 g/mol. The molecule has 1 N–H and O–H groups in total. The number of nitrogens with zero attached hydrogens (tertiary/aromatic N) is 1. The Bertz CT molecular complexity index is 578. The Morgan fingerprint density at radius 1 is 1.00 bits per heavy atom. The van der Waals surface area contributed by atoms with Crippen LogP contribution in [0.4, 0.5) is 11.4 Å². The average molecular weight is 252 g/mol. The van der Waals surface area contributed by atoms with Crippen LogP contribution in [0.3, 0.4) is 0 Å². The van der Waals surface area contributed by atoms with Crippen molar-refractivity contribution in [3.63, 3.8) is 0 Å². The molecule has 0 saturated carbocycles. The van der Waals surface area contributed by atoms with E-state index in [-0.39, 0.29) is 0 Å². The van der Waals surface area contributed by atoms with E-state index in [0.717, 1.165) is 25.2 Å². The Morgan fingerprint density at radius 3 is 2.47 bits per heavy atom. The van der Waals surface area contributed by atoms with Crippen LogP contribution in [0, 0.1) is 0 Å². The van der Waals surface area contributed by atoms with E-state index >= 15 is 0 Å². The maximum absolute atomic E-state index is 10.4. The van der Waals surface area contributed by atoms with Gasteiger partial charge in [0.25, 0.3) is 0 Å². The predicted octanol–water partition coefficient (Wildman–Crippen LogP) is 2.82. The quantitative estimate of drug-likeness (QED) is 0.852. The molecule has 0 aliphatic carbocycles. The number of hydrogen-bond donors (Lipinski definition) is 1. The third-order valence-electron chi connectivity index (χ3n) is 3.59. The first-order valence-electron chi connectivity index (χ1n) is 6.49. The van der Waals surface area contributed by atoms with Gasteiger partial charge in [0.05, 0.1) is 0 Å². The van der Waals surface area contributed by atoms with Crippen LogP contribution >= 0.6 is 0 Å². The van der Waals surface area contributed by atoms with Crippen LogP contribution in [-0.4, -0.2) is 13.0 Å². The average Bonchev–Trinajstić information content (AvgIpc) is 2.48. The van der Waals surface area contributed by atoms with Gasteiger partial charge in [0.1, 0.15) is 0 Å². The summed E-state index contributed by atoms with van der Waals surface area (Å²) in [5.41, 5.74) is 4.89. The largest absolute Gasteiger partial charge is 0.367 e. The number of nitrogens with one attached hydrogen (secondary N) is 1. The van der Waals surface area contributed by atoms with Crippen molar-refractivity contribution in [1.29, 1.82) is 0 Å². The van der Waals surface area contributed by atoms with Crippen molar-refractivity contribution in [1.82, 2.24) is 0 Å². The highest BCUT2D eigenvalue weighted by atomic mass is 16.1. The number of rotatable bonds is 3. The molecule has 2 aromatic carbocycles. The summed E-state index contributed by atoms with van der Waals surface area (Å²) in [6, 6.07) is 16.6. The highest BCUT2D eigenvalue weighted by molar-refractivity contribution is 5.72. The number of benzene rings is 2. The zero-order chi connectivity index (χ0) is 13.1. The van der Waals surface area contributed by atoms with Crippen molar-refractivity contribution >= 4 is 17.8 Å². The molecule has 0 saturated heterocycles. The first kappa shape index (κ1) is 11.8. The smallest absolute Gasteiger partial charge is 0.211 e. The summed E-state index contributed by atoms with van der Waals surface area (Å²) in [4.78, 5) is 12.7. The second-order valence-corrected chi connectivity index (χ2v) is 4.75. The summed E-state index contributed by atoms with van der Waals surface area (Å²) in [5, 5.41) is 2.65. The highest BCUT2D eigenvalue weighted by Gasteiger charge is 2.15. The van der Waals surface area contributed by atoms with E-state index in [2.05, 4.69) is 46.6 Å². The van der Waals surface area contributed by atoms with Gasteiger partial charge in [-0.15, -0.1) is 0 Å². The van der Waals surface area contributed by atoms with Crippen LogP contribution in [0.1, 0.15) is 11.1 Å². The monoisotopic (exact) mass is 252 g/mol. The van der Waals surface area contributed by atoms with Crippen LogP contribution < -0.4 is 10.2 Å². The van der Waals surface area contributed by atoms with Gasteiger partial charge in [0, 0.05) is 24.5 Å². The first-order valence-corrected chi connectivity index (χ1v) is 6.49. The highest BCUT2D eigenvalue weighted by Crippen LogP contribution is 2.25. The molecule has 0 spiro atoms. The fourth-order valence-electron chi connectivity index (χ4n) is 2.55. The van der Waals surface area contributed by atoms with Gasteiger partial charge in [-0.1, -0.05) is 24.3 Å². The standard InChI is InChI=1S/C16H16N2O/c19-12-17-15-5-7-16(8-6-15)18-10-9-13-3-1-2-4-14(13)11-18/h1-8,12H,9-11H2,(H,17,19). The molecule has 1 heterocycles. The van der Waals surface area contributed by atoms with Crippen LogP contribution in [0.5, 0.6) is 0 Å². The van der Waals surface area contributed by atoms with E-state index in [4.69, 9.17) is 0 Å². The second-order valence-electron chi connectivity index (χ2n) is 4.75. The fraction of sp³-hybridized carbons (Fsp3) is 0.188. The molecule has 0 radical (unpaired) electrons. The number of fused-ring (bicyclic) bond motifs is 1. The van der Waals surface area contributed by atoms with Crippen molar-refractivity contribution in [3.8, 4) is 0 Å². The van der Waals surface area contributed by atoms with Crippen molar-refractivity contribution < 1.29 is 4.79 Å². The third kappa shape index (κ3) is 2.45. The van der Waals surface area contributed by atoms with Gasteiger partial charge >= 0.3 is 0 Å². The van der Waals surface area contributed by atoms with Crippen molar-refractivity contribution in [2.45, 2.75) is 13.0 Å². The molecule has 2 aromatic rings. The summed E-state index contributed by atoms with van der Waals surface area (Å²) in [6.07, 6.45) is 1.79. The second kappa shape index (κ2) is 5.14. The summed E-state index contributed by atoms with van der Waals surface area (Å²) >= 11 is 0. The van der Waals surface area contributed by atoms with Gasteiger partial charge in [-0.3, -0.25) is 4.79 Å². The Labute approximate surface area is 112 Å². The zero-order valence-electron chi connectivity index (χ0n) is 10.7. The molecule has 0 bridgehead atoms. The number of carbonyl (C=O) groups excluding carboxylic acids is 1. The number of anilines is 2. The molecule has 0 aromatic heterocycles. The molecule has 1 amide bonds. The lowest BCUT2D eigenvalue weighted by Crippen LogP contribution is -2.30. The zero-order valence-corrected chi connectivity index (χ0v) is 10.7. The van der Waals surface area contributed by atoms with Crippen molar-refractivity contribution in [2.75, 3.05) is 16.8 Å². The van der Waals surface area contributed by atoms with E-state index in [1.165, 1.54) is 16.8 Å². The van der Waals surface area contributed by atoms with Crippen LogP contribution in [-0.2, 0) is 17.8 Å². The molecule has 0 fully saturated rings. The molecule has 3 nitrogen and oxygen atoms in total. The maximum Gasteiger partial charge on any atom is 0.211 e. The SMILES string of the molecule is O=CNc1ccc(N2CCc3ccccc3C2)cc1. The molecule has 3 heteroatoms. The molecule has 0 atom stereocenters. The van der Waals surface area contributed by atoms with Crippen LogP contribution in [0.25, 0.3) is 0 Å². The van der Waals surface area contributed by atoms with E-state index < -0.39 is 0 Å². The van der Waals surface area contributed by atoms with E-state index in [0.29, 0.717) is 6.41 Å². The molecular formula is C16H16N2O. The molecule has 19 heavy (non-hydrogen) atoms. The summed E-state index contributed by atoms with van der Waals surface area (Å²) < 4.78 is 0. The van der Waals surface area contributed by atoms with E-state index in [1.54, 1.807) is 0 Å². The topological polar surface area (TPSA) is 32.3 Å². The lowest BCUT2D eigenvalue weighted by atomic mass is 9.99. The Balaban J connectivity index is 1.79. The van der Waals surface area contributed by atoms with Gasteiger partial charge < -0.3 is 10.2 Å². The minimum absolute atomic E-state index is 0.701. The summed E-state index contributed by atoms with van der Waals surface area (Å²) in [5.74, 6) is 0. The Hall–Kier alpha value is -2.29. The van der Waals surface area contributed by atoms with Crippen LogP contribution in [0.2, 0.25) is 0 Å². The lowest BCUT2D eigenvalue weighted by Gasteiger charge is -2.30. The third-order valence-corrected chi connectivity index (χ3v) is 3.59. The van der Waals surface area contributed by atoms with E-state index in [9.17, 15) is 4.79 Å². The minimum atomic E-state index is 0.701. The Kier molecular flexibility index (Phi) is 3.19. The van der Waals surface area contributed by atoms with Crippen molar-refractivity contribution in [3.05, 3.63) is 59.7 Å². The number of amides is 1. The maximum atomic E-state index is 10.4. The predicted molar refractivity (Wildman–Crippen MR) is 77.3 cm³/mol. The van der Waals surface area contributed by atoms with Crippen LogP contribution in [0.15, 0.2) is 48.5 Å². The van der Waals surface area contributed by atoms with E-state index in [1.807, 2.05) is 12.1 Å². The summed E-state index contributed by atoms with van der Waals surface area (Å²) in [6.45, 7) is 1.99. The molecule has 1 aliphatic heterocycles. The number of hydrogen-bond acceptors (Lipinski definition) is 2. The normalized spacial score (nSPS) is 13.8. The number of carbonyl (C=O) groups is 1. The fourth-order valence-corrected chi connectivity index (χ4v) is 2.55.